The standard InChI is InChI=1S/C13H13N3O3S/c1-9-4-3-5-13(12(9)7-14)16-20(17,18)8-11-6-10(2)19-15-11/h3-6,16H,8H2,1-2H3. The van der Waals surface area contributed by atoms with E-state index in [9.17, 15) is 8.42 Å². The van der Waals surface area contributed by atoms with Gasteiger partial charge in [0.15, 0.2) is 0 Å². The van der Waals surface area contributed by atoms with Crippen LogP contribution in [0.25, 0.3) is 0 Å². The number of nitrogens with zero attached hydrogens (tertiary/aromatic N) is 2. The van der Waals surface area contributed by atoms with Crippen molar-refractivity contribution in [1.29, 1.82) is 5.26 Å². The Morgan fingerprint density at radius 1 is 1.40 bits per heavy atom. The molecule has 2 rings (SSSR count). The fourth-order valence-electron chi connectivity index (χ4n) is 1.79. The topological polar surface area (TPSA) is 96.0 Å². The second-order valence-electron chi connectivity index (χ2n) is 4.40. The van der Waals surface area contributed by atoms with Crippen molar-refractivity contribution in [3.8, 4) is 6.07 Å². The molecule has 0 aliphatic heterocycles. The number of rotatable bonds is 4. The first-order chi connectivity index (χ1) is 9.41. The van der Waals surface area contributed by atoms with Gasteiger partial charge < -0.3 is 4.52 Å². The van der Waals surface area contributed by atoms with E-state index in [2.05, 4.69) is 9.88 Å². The van der Waals surface area contributed by atoms with E-state index in [0.29, 0.717) is 22.6 Å². The summed E-state index contributed by atoms with van der Waals surface area (Å²) in [5, 5.41) is 12.7. The third-order valence-electron chi connectivity index (χ3n) is 2.66. The Labute approximate surface area is 117 Å². The molecule has 0 aliphatic carbocycles. The van der Waals surface area contributed by atoms with Crippen molar-refractivity contribution < 1.29 is 12.9 Å². The van der Waals surface area contributed by atoms with E-state index in [1.807, 2.05) is 6.07 Å². The first-order valence-electron chi connectivity index (χ1n) is 5.83. The predicted octanol–water partition coefficient (Wildman–Crippen LogP) is 2.11. The van der Waals surface area contributed by atoms with Gasteiger partial charge in [0.25, 0.3) is 0 Å². The monoisotopic (exact) mass is 291 g/mol. The Bertz CT molecular complexity index is 772. The summed E-state index contributed by atoms with van der Waals surface area (Å²) in [6, 6.07) is 8.54. The number of hydrogen-bond donors (Lipinski definition) is 1. The minimum absolute atomic E-state index is 0.271. The predicted molar refractivity (Wildman–Crippen MR) is 73.4 cm³/mol. The van der Waals surface area contributed by atoms with Gasteiger partial charge in [0.2, 0.25) is 10.0 Å². The molecule has 0 saturated heterocycles. The summed E-state index contributed by atoms with van der Waals surface area (Å²) in [6.07, 6.45) is 0. The van der Waals surface area contributed by atoms with Gasteiger partial charge in [-0.3, -0.25) is 4.72 Å². The summed E-state index contributed by atoms with van der Waals surface area (Å²) in [5.41, 5.74) is 1.62. The normalized spacial score (nSPS) is 11.1. The van der Waals surface area contributed by atoms with Crippen molar-refractivity contribution in [2.24, 2.45) is 0 Å². The summed E-state index contributed by atoms with van der Waals surface area (Å²) in [4.78, 5) is 0. The smallest absolute Gasteiger partial charge is 0.238 e. The maximum Gasteiger partial charge on any atom is 0.238 e. The van der Waals surface area contributed by atoms with Crippen LogP contribution in [0.5, 0.6) is 0 Å². The van der Waals surface area contributed by atoms with Crippen LogP contribution in [0.3, 0.4) is 0 Å². The van der Waals surface area contributed by atoms with Gasteiger partial charge in [-0.25, -0.2) is 8.42 Å². The number of anilines is 1. The van der Waals surface area contributed by atoms with E-state index in [0.717, 1.165) is 0 Å². The SMILES string of the molecule is Cc1cc(CS(=O)(=O)Nc2cccc(C)c2C#N)no1. The average Bonchev–Trinajstić information content (AvgIpc) is 2.73. The Balaban J connectivity index is 2.25. The molecule has 0 aliphatic rings. The zero-order valence-electron chi connectivity index (χ0n) is 11.0. The molecule has 6 nitrogen and oxygen atoms in total. The molecule has 0 unspecified atom stereocenters. The molecule has 1 aromatic carbocycles. The van der Waals surface area contributed by atoms with Crippen LogP contribution < -0.4 is 4.72 Å². The van der Waals surface area contributed by atoms with E-state index >= 15 is 0 Å². The minimum Gasteiger partial charge on any atom is -0.361 e. The van der Waals surface area contributed by atoms with Crippen LogP contribution in [0.2, 0.25) is 0 Å². The molecule has 1 heterocycles. The molecule has 0 atom stereocenters. The number of nitrogens with one attached hydrogen (secondary N) is 1. The lowest BCUT2D eigenvalue weighted by Crippen LogP contribution is -2.16. The molecule has 0 fully saturated rings. The zero-order chi connectivity index (χ0) is 14.8. The quantitative estimate of drug-likeness (QED) is 0.930. The number of sulfonamides is 1. The molecular weight excluding hydrogens is 278 g/mol. The second-order valence-corrected chi connectivity index (χ2v) is 6.12. The Morgan fingerprint density at radius 2 is 2.15 bits per heavy atom. The molecule has 0 amide bonds. The molecule has 1 aromatic heterocycles. The van der Waals surface area contributed by atoms with Gasteiger partial charge in [0, 0.05) is 6.07 Å². The maximum absolute atomic E-state index is 12.1. The highest BCUT2D eigenvalue weighted by atomic mass is 32.2. The third kappa shape index (κ3) is 3.16. The number of aryl methyl sites for hydroxylation is 2. The molecule has 1 N–H and O–H groups in total. The number of nitriles is 1. The van der Waals surface area contributed by atoms with Crippen LogP contribution >= 0.6 is 0 Å². The van der Waals surface area contributed by atoms with E-state index in [1.165, 1.54) is 0 Å². The molecule has 7 heteroatoms. The van der Waals surface area contributed by atoms with Crippen LogP contribution in [0.15, 0.2) is 28.8 Å². The molecule has 0 spiro atoms. The first-order valence-corrected chi connectivity index (χ1v) is 7.49. The van der Waals surface area contributed by atoms with Crippen LogP contribution in [-0.2, 0) is 15.8 Å². The van der Waals surface area contributed by atoms with Gasteiger partial charge in [0.05, 0.1) is 11.3 Å². The van der Waals surface area contributed by atoms with Gasteiger partial charge in [-0.2, -0.15) is 5.26 Å². The van der Waals surface area contributed by atoms with Gasteiger partial charge in [0.1, 0.15) is 23.3 Å². The van der Waals surface area contributed by atoms with Crippen LogP contribution in [0, 0.1) is 25.2 Å². The van der Waals surface area contributed by atoms with Gasteiger partial charge in [-0.05, 0) is 25.5 Å². The van der Waals surface area contributed by atoms with E-state index in [1.54, 1.807) is 38.1 Å². The van der Waals surface area contributed by atoms with Crippen molar-refractivity contribution in [3.05, 3.63) is 46.8 Å². The lowest BCUT2D eigenvalue weighted by Gasteiger charge is -2.09. The first kappa shape index (κ1) is 14.1. The van der Waals surface area contributed by atoms with Crippen LogP contribution in [0.4, 0.5) is 5.69 Å². The number of aromatic nitrogens is 1. The minimum atomic E-state index is -3.65. The number of hydrogen-bond acceptors (Lipinski definition) is 5. The van der Waals surface area contributed by atoms with Crippen LogP contribution in [0.1, 0.15) is 22.6 Å². The zero-order valence-corrected chi connectivity index (χ0v) is 11.9. The van der Waals surface area contributed by atoms with Crippen molar-refractivity contribution in [2.75, 3.05) is 4.72 Å². The summed E-state index contributed by atoms with van der Waals surface area (Å²) in [7, 11) is -3.65. The fraction of sp³-hybridized carbons (Fsp3) is 0.231. The summed E-state index contributed by atoms with van der Waals surface area (Å²) in [6.45, 7) is 3.43. The van der Waals surface area contributed by atoms with Crippen LogP contribution in [-0.4, -0.2) is 13.6 Å². The average molecular weight is 291 g/mol. The Kier molecular flexibility index (Phi) is 3.77. The van der Waals surface area contributed by atoms with E-state index < -0.39 is 10.0 Å². The molecule has 0 saturated carbocycles. The molecule has 104 valence electrons. The van der Waals surface area contributed by atoms with Gasteiger partial charge in [-0.1, -0.05) is 17.3 Å². The van der Waals surface area contributed by atoms with Crippen molar-refractivity contribution >= 4 is 15.7 Å². The molecule has 2 aromatic rings. The summed E-state index contributed by atoms with van der Waals surface area (Å²) in [5.74, 6) is 0.242. The highest BCUT2D eigenvalue weighted by molar-refractivity contribution is 7.91. The van der Waals surface area contributed by atoms with Crippen molar-refractivity contribution in [3.63, 3.8) is 0 Å². The molecule has 20 heavy (non-hydrogen) atoms. The highest BCUT2D eigenvalue weighted by Crippen LogP contribution is 2.20. The van der Waals surface area contributed by atoms with Crippen molar-refractivity contribution in [1.82, 2.24) is 5.16 Å². The maximum atomic E-state index is 12.1. The molecular formula is C13H13N3O3S. The highest BCUT2D eigenvalue weighted by Gasteiger charge is 2.17. The fourth-order valence-corrected chi connectivity index (χ4v) is 2.89. The van der Waals surface area contributed by atoms with E-state index in [-0.39, 0.29) is 11.4 Å². The lowest BCUT2D eigenvalue weighted by atomic mass is 10.1. The van der Waals surface area contributed by atoms with Crippen molar-refractivity contribution in [2.45, 2.75) is 19.6 Å². The largest absolute Gasteiger partial charge is 0.361 e. The third-order valence-corrected chi connectivity index (χ3v) is 3.87. The molecule has 0 bridgehead atoms. The Hall–Kier alpha value is -2.33. The van der Waals surface area contributed by atoms with Gasteiger partial charge in [-0.15, -0.1) is 0 Å². The Morgan fingerprint density at radius 3 is 2.75 bits per heavy atom. The lowest BCUT2D eigenvalue weighted by molar-refractivity contribution is 0.392. The van der Waals surface area contributed by atoms with Gasteiger partial charge >= 0.3 is 0 Å². The van der Waals surface area contributed by atoms with E-state index in [4.69, 9.17) is 9.78 Å². The number of benzene rings is 1. The summed E-state index contributed by atoms with van der Waals surface area (Å²) < 4.78 is 31.3. The molecule has 0 radical (unpaired) electrons. The second kappa shape index (κ2) is 5.35. The summed E-state index contributed by atoms with van der Waals surface area (Å²) >= 11 is 0.